The second kappa shape index (κ2) is 5.53. The van der Waals surface area contributed by atoms with Gasteiger partial charge in [-0.1, -0.05) is 18.2 Å². The van der Waals surface area contributed by atoms with Gasteiger partial charge < -0.3 is 5.11 Å². The molecule has 21 heavy (non-hydrogen) atoms. The van der Waals surface area contributed by atoms with E-state index in [1.54, 1.807) is 18.2 Å². The molecule has 0 atom stereocenters. The van der Waals surface area contributed by atoms with E-state index in [0.717, 1.165) is 12.3 Å². The summed E-state index contributed by atoms with van der Waals surface area (Å²) in [4.78, 5) is 10.8. The number of carbonyl (C=O) groups is 1. The summed E-state index contributed by atoms with van der Waals surface area (Å²) in [6.07, 6.45) is 1.03. The Morgan fingerprint density at radius 2 is 1.81 bits per heavy atom. The maximum absolute atomic E-state index is 13.7. The quantitative estimate of drug-likeness (QED) is 0.909. The molecule has 0 saturated heterocycles. The van der Waals surface area contributed by atoms with Crippen LogP contribution in [-0.2, 0) is 10.0 Å². The zero-order valence-electron chi connectivity index (χ0n) is 11.0. The molecule has 0 saturated carbocycles. The Morgan fingerprint density at radius 1 is 1.14 bits per heavy atom. The van der Waals surface area contributed by atoms with E-state index in [2.05, 4.69) is 4.72 Å². The van der Waals surface area contributed by atoms with Crippen LogP contribution in [0.15, 0.2) is 42.5 Å². The zero-order valence-corrected chi connectivity index (χ0v) is 11.8. The first kappa shape index (κ1) is 15.0. The highest BCUT2D eigenvalue weighted by Crippen LogP contribution is 2.25. The van der Waals surface area contributed by atoms with Crippen LogP contribution in [0.2, 0.25) is 0 Å². The van der Waals surface area contributed by atoms with Crippen molar-refractivity contribution < 1.29 is 22.7 Å². The minimum Gasteiger partial charge on any atom is -0.478 e. The summed E-state index contributed by atoms with van der Waals surface area (Å²) in [6.45, 7) is 0. The molecule has 0 aliphatic heterocycles. The van der Waals surface area contributed by atoms with Crippen molar-refractivity contribution in [3.63, 3.8) is 0 Å². The molecule has 7 heteroatoms. The molecular formula is C14H12FNO4S. The number of hydrogen-bond acceptors (Lipinski definition) is 3. The maximum Gasteiger partial charge on any atom is 0.338 e. The van der Waals surface area contributed by atoms with E-state index >= 15 is 0 Å². The number of anilines is 1. The van der Waals surface area contributed by atoms with Crippen molar-refractivity contribution in [2.24, 2.45) is 0 Å². The predicted octanol–water partition coefficient (Wildman–Crippen LogP) is 2.56. The molecule has 0 aliphatic carbocycles. The van der Waals surface area contributed by atoms with Crippen molar-refractivity contribution in [3.8, 4) is 11.1 Å². The number of carboxylic acid groups (broad SMARTS) is 1. The van der Waals surface area contributed by atoms with E-state index in [4.69, 9.17) is 5.11 Å². The van der Waals surface area contributed by atoms with Gasteiger partial charge in [0.15, 0.2) is 0 Å². The first-order chi connectivity index (χ1) is 9.76. The Kier molecular flexibility index (Phi) is 3.95. The maximum atomic E-state index is 13.7. The Hall–Kier alpha value is -2.41. The third-order valence-corrected chi connectivity index (χ3v) is 3.31. The van der Waals surface area contributed by atoms with Gasteiger partial charge in [0.05, 0.1) is 11.8 Å². The minimum absolute atomic E-state index is 0.345. The van der Waals surface area contributed by atoms with Crippen molar-refractivity contribution in [3.05, 3.63) is 53.8 Å². The highest BCUT2D eigenvalue weighted by Gasteiger charge is 2.11. The lowest BCUT2D eigenvalue weighted by atomic mass is 10.0. The van der Waals surface area contributed by atoms with Crippen LogP contribution in [0.1, 0.15) is 10.4 Å². The Bertz CT molecular complexity index is 802. The fourth-order valence-electron chi connectivity index (χ4n) is 1.84. The number of halogens is 1. The smallest absolute Gasteiger partial charge is 0.338 e. The van der Waals surface area contributed by atoms with Crippen LogP contribution >= 0.6 is 0 Å². The molecule has 2 rings (SSSR count). The first-order valence-corrected chi connectivity index (χ1v) is 7.76. The molecule has 0 aliphatic rings. The summed E-state index contributed by atoms with van der Waals surface area (Å²) in [6, 6.07) is 10.1. The van der Waals surface area contributed by atoms with Gasteiger partial charge in [-0.2, -0.15) is 0 Å². The van der Waals surface area contributed by atoms with Gasteiger partial charge in [-0.15, -0.1) is 0 Å². The molecule has 0 bridgehead atoms. The zero-order chi connectivity index (χ0) is 15.6. The summed E-state index contributed by atoms with van der Waals surface area (Å²) >= 11 is 0. The Balaban J connectivity index is 2.41. The Morgan fingerprint density at radius 3 is 2.38 bits per heavy atom. The number of nitrogens with one attached hydrogen (secondary N) is 1. The van der Waals surface area contributed by atoms with E-state index in [-0.39, 0.29) is 0 Å². The van der Waals surface area contributed by atoms with Crippen LogP contribution in [0.5, 0.6) is 0 Å². The fourth-order valence-corrected chi connectivity index (χ4v) is 2.40. The summed E-state index contributed by atoms with van der Waals surface area (Å²) in [5.74, 6) is -2.19. The number of benzene rings is 2. The molecule has 5 nitrogen and oxygen atoms in total. The van der Waals surface area contributed by atoms with Crippen molar-refractivity contribution >= 4 is 21.7 Å². The van der Waals surface area contributed by atoms with Crippen LogP contribution < -0.4 is 4.72 Å². The van der Waals surface area contributed by atoms with Gasteiger partial charge in [-0.25, -0.2) is 17.6 Å². The lowest BCUT2D eigenvalue weighted by molar-refractivity contribution is 0.0692. The topological polar surface area (TPSA) is 83.5 Å². The van der Waals surface area contributed by atoms with Gasteiger partial charge in [0, 0.05) is 5.69 Å². The first-order valence-electron chi connectivity index (χ1n) is 5.87. The van der Waals surface area contributed by atoms with Crippen LogP contribution in [0, 0.1) is 5.82 Å². The van der Waals surface area contributed by atoms with Gasteiger partial charge in [0.1, 0.15) is 5.82 Å². The monoisotopic (exact) mass is 309 g/mol. The highest BCUT2D eigenvalue weighted by atomic mass is 32.2. The van der Waals surface area contributed by atoms with E-state index in [1.807, 2.05) is 0 Å². The van der Waals surface area contributed by atoms with E-state index in [0.29, 0.717) is 16.8 Å². The SMILES string of the molecule is CS(=O)(=O)Nc1cccc(-c2ccc(C(=O)O)c(F)c2)c1. The number of aromatic carboxylic acids is 1. The van der Waals surface area contributed by atoms with Gasteiger partial charge >= 0.3 is 5.97 Å². The normalized spacial score (nSPS) is 11.1. The molecule has 0 heterocycles. The van der Waals surface area contributed by atoms with Gasteiger partial charge in [-0.05, 0) is 35.4 Å². The number of rotatable bonds is 4. The molecule has 0 radical (unpaired) electrons. The van der Waals surface area contributed by atoms with Crippen LogP contribution in [0.3, 0.4) is 0 Å². The van der Waals surface area contributed by atoms with E-state index in [1.165, 1.54) is 18.2 Å². The fraction of sp³-hybridized carbons (Fsp3) is 0.0714. The lowest BCUT2D eigenvalue weighted by Crippen LogP contribution is -2.09. The van der Waals surface area contributed by atoms with E-state index < -0.39 is 27.4 Å². The minimum atomic E-state index is -3.40. The molecular weight excluding hydrogens is 297 g/mol. The van der Waals surface area contributed by atoms with Crippen molar-refractivity contribution in [2.75, 3.05) is 11.0 Å². The largest absolute Gasteiger partial charge is 0.478 e. The van der Waals surface area contributed by atoms with Gasteiger partial charge in [-0.3, -0.25) is 4.72 Å². The molecule has 0 amide bonds. The summed E-state index contributed by atoms with van der Waals surface area (Å²) in [5.41, 5.74) is 0.955. The predicted molar refractivity (Wildman–Crippen MR) is 77.3 cm³/mol. The van der Waals surface area contributed by atoms with Gasteiger partial charge in [0.2, 0.25) is 10.0 Å². The van der Waals surface area contributed by atoms with Crippen LogP contribution in [0.25, 0.3) is 11.1 Å². The van der Waals surface area contributed by atoms with Crippen molar-refractivity contribution in [1.82, 2.24) is 0 Å². The summed E-state index contributed by atoms with van der Waals surface area (Å²) < 4.78 is 38.4. The molecule has 0 aromatic heterocycles. The third-order valence-electron chi connectivity index (χ3n) is 2.70. The molecule has 110 valence electrons. The highest BCUT2D eigenvalue weighted by molar-refractivity contribution is 7.92. The Labute approximate surface area is 121 Å². The van der Waals surface area contributed by atoms with Gasteiger partial charge in [0.25, 0.3) is 0 Å². The molecule has 0 fully saturated rings. The average Bonchev–Trinajstić information content (AvgIpc) is 2.36. The number of hydrogen-bond donors (Lipinski definition) is 2. The number of carboxylic acids is 1. The van der Waals surface area contributed by atoms with Crippen molar-refractivity contribution in [2.45, 2.75) is 0 Å². The summed E-state index contributed by atoms with van der Waals surface area (Å²) in [7, 11) is -3.40. The molecule has 2 aromatic rings. The lowest BCUT2D eigenvalue weighted by Gasteiger charge is -2.08. The molecule has 2 aromatic carbocycles. The molecule has 2 N–H and O–H groups in total. The summed E-state index contributed by atoms with van der Waals surface area (Å²) in [5, 5.41) is 8.78. The number of sulfonamides is 1. The van der Waals surface area contributed by atoms with E-state index in [9.17, 15) is 17.6 Å². The van der Waals surface area contributed by atoms with Crippen LogP contribution in [0.4, 0.5) is 10.1 Å². The van der Waals surface area contributed by atoms with Crippen LogP contribution in [-0.4, -0.2) is 25.7 Å². The average molecular weight is 309 g/mol. The molecule has 0 spiro atoms. The second-order valence-corrected chi connectivity index (χ2v) is 6.20. The molecule has 0 unspecified atom stereocenters. The second-order valence-electron chi connectivity index (χ2n) is 4.45. The van der Waals surface area contributed by atoms with Crippen molar-refractivity contribution in [1.29, 1.82) is 0 Å². The third kappa shape index (κ3) is 3.79. The standard InChI is InChI=1S/C14H12FNO4S/c1-21(19,20)16-11-4-2-3-9(7-11)10-5-6-12(14(17)18)13(15)8-10/h2-8,16H,1H3,(H,17,18).